The van der Waals surface area contributed by atoms with Gasteiger partial charge in [-0.3, -0.25) is 4.79 Å². The smallest absolute Gasteiger partial charge is 0.221 e. The zero-order chi connectivity index (χ0) is 14.8. The zero-order valence-corrected chi connectivity index (χ0v) is 12.9. The number of benzene rings is 1. The summed E-state index contributed by atoms with van der Waals surface area (Å²) in [5.74, 6) is -0.317. The third-order valence-electron chi connectivity index (χ3n) is 3.63. The number of nitrogens with one attached hydrogen (secondary N) is 1. The Balaban J connectivity index is 1.87. The van der Waals surface area contributed by atoms with Gasteiger partial charge in [-0.2, -0.15) is 0 Å². The summed E-state index contributed by atoms with van der Waals surface area (Å²) in [4.78, 5) is 11.7. The second-order valence-electron chi connectivity index (χ2n) is 5.44. The van der Waals surface area contributed by atoms with E-state index in [0.717, 1.165) is 19.1 Å². The van der Waals surface area contributed by atoms with E-state index in [9.17, 15) is 13.2 Å². The Morgan fingerprint density at radius 3 is 2.40 bits per heavy atom. The quantitative estimate of drug-likeness (QED) is 0.872. The van der Waals surface area contributed by atoms with Gasteiger partial charge in [-0.1, -0.05) is 23.7 Å². The summed E-state index contributed by atoms with van der Waals surface area (Å²) in [6.07, 6.45) is 3.22. The molecule has 0 spiro atoms. The number of hydrogen-bond acceptors (Lipinski definition) is 3. The van der Waals surface area contributed by atoms with Crippen molar-refractivity contribution in [2.24, 2.45) is 0 Å². The lowest BCUT2D eigenvalue weighted by molar-refractivity contribution is -0.120. The van der Waals surface area contributed by atoms with E-state index >= 15 is 0 Å². The van der Waals surface area contributed by atoms with E-state index in [4.69, 9.17) is 11.6 Å². The molecule has 1 aliphatic rings. The van der Waals surface area contributed by atoms with E-state index in [1.165, 1.54) is 5.56 Å². The van der Waals surface area contributed by atoms with Crippen molar-refractivity contribution in [3.8, 4) is 0 Å². The highest BCUT2D eigenvalue weighted by Crippen LogP contribution is 2.47. The van der Waals surface area contributed by atoms with E-state index < -0.39 is 9.84 Å². The Morgan fingerprint density at radius 1 is 1.30 bits per heavy atom. The average molecular weight is 316 g/mol. The van der Waals surface area contributed by atoms with E-state index in [-0.39, 0.29) is 23.5 Å². The van der Waals surface area contributed by atoms with Crippen LogP contribution in [-0.4, -0.2) is 32.9 Å². The molecule has 1 fully saturated rings. The van der Waals surface area contributed by atoms with Crippen LogP contribution in [-0.2, 0) is 20.0 Å². The summed E-state index contributed by atoms with van der Waals surface area (Å²) in [5.41, 5.74) is 1.18. The average Bonchev–Trinajstić information content (AvgIpc) is 3.15. The van der Waals surface area contributed by atoms with Crippen molar-refractivity contribution in [2.75, 3.05) is 18.6 Å². The van der Waals surface area contributed by atoms with Crippen LogP contribution in [0.5, 0.6) is 0 Å². The Hall–Kier alpha value is -1.07. The predicted octanol–water partition coefficient (Wildman–Crippen LogP) is 1.92. The highest BCUT2D eigenvalue weighted by atomic mass is 35.5. The maximum absolute atomic E-state index is 11.7. The Bertz CT molecular complexity index is 591. The fourth-order valence-corrected chi connectivity index (χ4v) is 2.84. The first-order valence-corrected chi connectivity index (χ1v) is 8.95. The van der Waals surface area contributed by atoms with E-state index in [2.05, 4.69) is 5.32 Å². The van der Waals surface area contributed by atoms with Gasteiger partial charge >= 0.3 is 0 Å². The van der Waals surface area contributed by atoms with Crippen molar-refractivity contribution < 1.29 is 13.2 Å². The van der Waals surface area contributed by atoms with Gasteiger partial charge in [0, 0.05) is 29.7 Å². The predicted molar refractivity (Wildman–Crippen MR) is 79.7 cm³/mol. The molecule has 0 aromatic heterocycles. The molecule has 1 amide bonds. The molecule has 1 aliphatic carbocycles. The minimum atomic E-state index is -3.09. The van der Waals surface area contributed by atoms with Crippen LogP contribution < -0.4 is 5.32 Å². The second kappa shape index (κ2) is 5.74. The Morgan fingerprint density at radius 2 is 1.90 bits per heavy atom. The Labute approximate surface area is 124 Å². The summed E-state index contributed by atoms with van der Waals surface area (Å²) in [5, 5.41) is 3.53. The highest BCUT2D eigenvalue weighted by Gasteiger charge is 2.44. The minimum absolute atomic E-state index is 0.00530. The number of sulfone groups is 1. The monoisotopic (exact) mass is 315 g/mol. The van der Waals surface area contributed by atoms with Gasteiger partial charge in [0.05, 0.1) is 5.75 Å². The van der Waals surface area contributed by atoms with Gasteiger partial charge < -0.3 is 5.32 Å². The van der Waals surface area contributed by atoms with Gasteiger partial charge in [-0.05, 0) is 30.5 Å². The van der Waals surface area contributed by atoms with Gasteiger partial charge in [0.2, 0.25) is 5.91 Å². The fraction of sp³-hybridized carbons (Fsp3) is 0.500. The lowest BCUT2D eigenvalue weighted by Crippen LogP contribution is -2.33. The molecule has 1 aromatic carbocycles. The van der Waals surface area contributed by atoms with Crippen LogP contribution in [0.15, 0.2) is 24.3 Å². The molecule has 6 heteroatoms. The molecule has 0 aliphatic heterocycles. The summed E-state index contributed by atoms with van der Waals surface area (Å²) in [7, 11) is -3.09. The lowest BCUT2D eigenvalue weighted by atomic mass is 9.96. The Kier molecular flexibility index (Phi) is 4.39. The number of carbonyl (C=O) groups is 1. The van der Waals surface area contributed by atoms with Crippen LogP contribution in [0.4, 0.5) is 0 Å². The first-order chi connectivity index (χ1) is 9.31. The maximum atomic E-state index is 11.7. The number of hydrogen-bond donors (Lipinski definition) is 1. The normalized spacial score (nSPS) is 16.7. The number of carbonyl (C=O) groups excluding carboxylic acids is 1. The van der Waals surface area contributed by atoms with E-state index in [0.29, 0.717) is 11.6 Å². The van der Waals surface area contributed by atoms with Gasteiger partial charge in [-0.25, -0.2) is 8.42 Å². The number of halogens is 1. The van der Waals surface area contributed by atoms with Crippen molar-refractivity contribution in [3.63, 3.8) is 0 Å². The van der Waals surface area contributed by atoms with Crippen LogP contribution in [0.1, 0.15) is 24.8 Å². The van der Waals surface area contributed by atoms with Crippen molar-refractivity contribution in [2.45, 2.75) is 24.7 Å². The molecular formula is C14H18ClNO3S. The SMILES string of the molecule is CS(=O)(=O)CCC(=O)NCC1(c2ccc(Cl)cc2)CC1. The zero-order valence-electron chi connectivity index (χ0n) is 11.4. The topological polar surface area (TPSA) is 63.2 Å². The van der Waals surface area contributed by atoms with E-state index in [1.807, 2.05) is 24.3 Å². The molecule has 4 nitrogen and oxygen atoms in total. The molecule has 20 heavy (non-hydrogen) atoms. The molecule has 0 unspecified atom stereocenters. The van der Waals surface area contributed by atoms with Gasteiger partial charge in [0.25, 0.3) is 0 Å². The van der Waals surface area contributed by atoms with Crippen LogP contribution in [0.2, 0.25) is 5.02 Å². The molecule has 2 rings (SSSR count). The van der Waals surface area contributed by atoms with Crippen molar-refractivity contribution in [3.05, 3.63) is 34.9 Å². The first kappa shape index (κ1) is 15.3. The highest BCUT2D eigenvalue weighted by molar-refractivity contribution is 7.90. The second-order valence-corrected chi connectivity index (χ2v) is 8.14. The summed E-state index contributed by atoms with van der Waals surface area (Å²) in [6, 6.07) is 7.67. The van der Waals surface area contributed by atoms with Crippen molar-refractivity contribution in [1.29, 1.82) is 0 Å². The molecule has 0 bridgehead atoms. The molecule has 0 heterocycles. The third-order valence-corrected chi connectivity index (χ3v) is 4.83. The first-order valence-electron chi connectivity index (χ1n) is 6.51. The molecule has 1 saturated carbocycles. The molecule has 1 aromatic rings. The van der Waals surface area contributed by atoms with Crippen LogP contribution in [0.25, 0.3) is 0 Å². The van der Waals surface area contributed by atoms with Gasteiger partial charge in [0.1, 0.15) is 9.84 Å². The standard InChI is InChI=1S/C14H18ClNO3S/c1-20(18,19)9-6-13(17)16-10-14(7-8-14)11-2-4-12(15)5-3-11/h2-5H,6-10H2,1H3,(H,16,17). The van der Waals surface area contributed by atoms with Crippen LogP contribution in [0.3, 0.4) is 0 Å². The molecule has 0 saturated heterocycles. The minimum Gasteiger partial charge on any atom is -0.355 e. The summed E-state index contributed by atoms with van der Waals surface area (Å²) < 4.78 is 22.0. The molecule has 110 valence electrons. The summed E-state index contributed by atoms with van der Waals surface area (Å²) in [6.45, 7) is 0.553. The van der Waals surface area contributed by atoms with E-state index in [1.54, 1.807) is 0 Å². The summed E-state index contributed by atoms with van der Waals surface area (Å²) >= 11 is 5.87. The van der Waals surface area contributed by atoms with Gasteiger partial charge in [0.15, 0.2) is 0 Å². The largest absolute Gasteiger partial charge is 0.355 e. The molecular weight excluding hydrogens is 298 g/mol. The van der Waals surface area contributed by atoms with Crippen LogP contribution in [0, 0.1) is 0 Å². The third kappa shape index (κ3) is 4.21. The maximum Gasteiger partial charge on any atom is 0.221 e. The fourth-order valence-electron chi connectivity index (χ4n) is 2.16. The number of rotatable bonds is 6. The lowest BCUT2D eigenvalue weighted by Gasteiger charge is -2.16. The van der Waals surface area contributed by atoms with Crippen LogP contribution >= 0.6 is 11.6 Å². The van der Waals surface area contributed by atoms with Crippen molar-refractivity contribution in [1.82, 2.24) is 5.32 Å². The molecule has 0 atom stereocenters. The molecule has 0 radical (unpaired) electrons. The number of amides is 1. The van der Waals surface area contributed by atoms with Crippen molar-refractivity contribution >= 4 is 27.3 Å². The molecule has 1 N–H and O–H groups in total. The van der Waals surface area contributed by atoms with Gasteiger partial charge in [-0.15, -0.1) is 0 Å².